The van der Waals surface area contributed by atoms with Gasteiger partial charge in [0.15, 0.2) is 11.6 Å². The number of imidazole rings is 1. The van der Waals surface area contributed by atoms with Crippen LogP contribution in [0.1, 0.15) is 11.4 Å². The van der Waals surface area contributed by atoms with E-state index in [9.17, 15) is 8.78 Å². The smallest absolute Gasteiger partial charge is 0.161 e. The summed E-state index contributed by atoms with van der Waals surface area (Å²) in [5.41, 5.74) is 1.95. The maximum absolute atomic E-state index is 13.1. The molecule has 5 heteroatoms. The number of methoxy groups -OCH3 is 1. The highest BCUT2D eigenvalue weighted by molar-refractivity contribution is 5.75. The van der Waals surface area contributed by atoms with Gasteiger partial charge in [-0.3, -0.25) is 0 Å². The topological polar surface area (TPSA) is 37.9 Å². The summed E-state index contributed by atoms with van der Waals surface area (Å²) < 4.78 is 31.3. The van der Waals surface area contributed by atoms with Gasteiger partial charge in [0.2, 0.25) is 0 Å². The molecule has 1 N–H and O–H groups in total. The van der Waals surface area contributed by atoms with Crippen LogP contribution >= 0.6 is 0 Å². The number of benzene rings is 2. The highest BCUT2D eigenvalue weighted by Gasteiger charge is 2.09. The third-order valence-corrected chi connectivity index (χ3v) is 3.10. The van der Waals surface area contributed by atoms with Crippen molar-refractivity contribution in [3.63, 3.8) is 0 Å². The van der Waals surface area contributed by atoms with Gasteiger partial charge < -0.3 is 9.72 Å². The van der Waals surface area contributed by atoms with Gasteiger partial charge in [0.1, 0.15) is 11.6 Å². The monoisotopic (exact) mass is 274 g/mol. The third kappa shape index (κ3) is 2.34. The minimum Gasteiger partial charge on any atom is -0.497 e. The summed E-state index contributed by atoms with van der Waals surface area (Å²) in [7, 11) is 1.61. The molecule has 2 aromatic carbocycles. The maximum atomic E-state index is 13.1. The lowest BCUT2D eigenvalue weighted by Gasteiger charge is -2.01. The predicted octanol–water partition coefficient (Wildman–Crippen LogP) is 3.44. The molecule has 0 aliphatic rings. The van der Waals surface area contributed by atoms with Gasteiger partial charge in [-0.25, -0.2) is 13.8 Å². The van der Waals surface area contributed by atoms with E-state index >= 15 is 0 Å². The number of aromatic amines is 1. The first-order valence-electron chi connectivity index (χ1n) is 6.12. The number of H-pyrrole nitrogens is 1. The van der Waals surface area contributed by atoms with Crippen LogP contribution in [0.3, 0.4) is 0 Å². The number of nitrogens with one attached hydrogen (secondary N) is 1. The summed E-state index contributed by atoms with van der Waals surface area (Å²) in [6.07, 6.45) is 0.557. The van der Waals surface area contributed by atoms with Gasteiger partial charge in [-0.15, -0.1) is 0 Å². The highest BCUT2D eigenvalue weighted by Crippen LogP contribution is 2.19. The van der Waals surface area contributed by atoms with Crippen molar-refractivity contribution in [1.82, 2.24) is 9.97 Å². The minimum absolute atomic E-state index is 0.424. The van der Waals surface area contributed by atoms with Crippen LogP contribution in [-0.4, -0.2) is 17.1 Å². The zero-order valence-electron chi connectivity index (χ0n) is 10.8. The Bertz CT molecular complexity index is 711. The average Bonchev–Trinajstić information content (AvgIpc) is 2.81. The molecule has 3 aromatic rings. The van der Waals surface area contributed by atoms with Gasteiger partial charge in [0.05, 0.1) is 18.1 Å². The Morgan fingerprint density at radius 3 is 2.50 bits per heavy atom. The van der Waals surface area contributed by atoms with Gasteiger partial charge in [-0.1, -0.05) is 12.1 Å². The first-order valence-corrected chi connectivity index (χ1v) is 6.12. The summed E-state index contributed by atoms with van der Waals surface area (Å²) >= 11 is 0. The van der Waals surface area contributed by atoms with Crippen molar-refractivity contribution in [2.24, 2.45) is 0 Å². The van der Waals surface area contributed by atoms with E-state index in [0.29, 0.717) is 23.3 Å². The van der Waals surface area contributed by atoms with Gasteiger partial charge in [-0.05, 0) is 17.7 Å². The number of hydrogen-bond acceptors (Lipinski definition) is 2. The second kappa shape index (κ2) is 4.92. The van der Waals surface area contributed by atoms with Crippen LogP contribution in [-0.2, 0) is 6.42 Å². The second-order valence-corrected chi connectivity index (χ2v) is 4.49. The number of halogens is 2. The Labute approximate surface area is 114 Å². The standard InChI is InChI=1S/C15H12F2N2O/c1-20-10-4-2-9(3-5-10)6-15-18-13-7-11(16)12(17)8-14(13)19-15/h2-5,7-8H,6H2,1H3,(H,18,19). The fourth-order valence-corrected chi connectivity index (χ4v) is 2.08. The van der Waals surface area contributed by atoms with E-state index in [2.05, 4.69) is 9.97 Å². The summed E-state index contributed by atoms with van der Waals surface area (Å²) in [5.74, 6) is -0.324. The zero-order chi connectivity index (χ0) is 14.1. The summed E-state index contributed by atoms with van der Waals surface area (Å²) in [6, 6.07) is 9.78. The van der Waals surface area contributed by atoms with E-state index in [1.807, 2.05) is 24.3 Å². The van der Waals surface area contributed by atoms with Crippen molar-refractivity contribution in [1.29, 1.82) is 0 Å². The fourth-order valence-electron chi connectivity index (χ4n) is 2.08. The van der Waals surface area contributed by atoms with Crippen molar-refractivity contribution in [2.45, 2.75) is 6.42 Å². The largest absolute Gasteiger partial charge is 0.497 e. The Balaban J connectivity index is 1.90. The van der Waals surface area contributed by atoms with E-state index in [4.69, 9.17) is 4.74 Å². The van der Waals surface area contributed by atoms with Gasteiger partial charge >= 0.3 is 0 Å². The summed E-state index contributed by atoms with van der Waals surface area (Å²) in [6.45, 7) is 0. The number of fused-ring (bicyclic) bond motifs is 1. The Kier molecular flexibility index (Phi) is 3.10. The van der Waals surface area contributed by atoms with Crippen LogP contribution in [0.2, 0.25) is 0 Å². The molecule has 0 fully saturated rings. The van der Waals surface area contributed by atoms with Crippen LogP contribution in [0.5, 0.6) is 5.75 Å². The van der Waals surface area contributed by atoms with E-state index in [-0.39, 0.29) is 0 Å². The molecule has 0 atom stereocenters. The van der Waals surface area contributed by atoms with Crippen molar-refractivity contribution >= 4 is 11.0 Å². The van der Waals surface area contributed by atoms with Crippen LogP contribution in [0.25, 0.3) is 11.0 Å². The molecule has 0 unspecified atom stereocenters. The quantitative estimate of drug-likeness (QED) is 0.794. The molecule has 0 saturated carbocycles. The van der Waals surface area contributed by atoms with Crippen LogP contribution < -0.4 is 4.74 Å². The molecule has 3 rings (SSSR count). The molecular formula is C15H12F2N2O. The number of rotatable bonds is 3. The number of nitrogens with zero attached hydrogens (tertiary/aromatic N) is 1. The molecule has 0 amide bonds. The van der Waals surface area contributed by atoms with Crippen molar-refractivity contribution in [3.8, 4) is 5.75 Å². The summed E-state index contributed by atoms with van der Waals surface area (Å²) in [5, 5.41) is 0. The van der Waals surface area contributed by atoms with Crippen molar-refractivity contribution < 1.29 is 13.5 Å². The SMILES string of the molecule is COc1ccc(Cc2nc3cc(F)c(F)cc3[nH]2)cc1. The van der Waals surface area contributed by atoms with Gasteiger partial charge in [-0.2, -0.15) is 0 Å². The lowest BCUT2D eigenvalue weighted by Crippen LogP contribution is -1.91. The molecule has 0 saturated heterocycles. The van der Waals surface area contributed by atoms with Crippen LogP contribution in [0.4, 0.5) is 8.78 Å². The van der Waals surface area contributed by atoms with E-state index < -0.39 is 11.6 Å². The van der Waals surface area contributed by atoms with Crippen LogP contribution in [0.15, 0.2) is 36.4 Å². The molecule has 1 aromatic heterocycles. The first kappa shape index (κ1) is 12.6. The molecule has 0 radical (unpaired) electrons. The molecule has 0 aliphatic carbocycles. The molecule has 0 bridgehead atoms. The lowest BCUT2D eigenvalue weighted by atomic mass is 10.1. The Hall–Kier alpha value is -2.43. The van der Waals surface area contributed by atoms with Crippen LogP contribution in [0, 0.1) is 11.6 Å². The predicted molar refractivity (Wildman–Crippen MR) is 71.8 cm³/mol. The molecule has 3 nitrogen and oxygen atoms in total. The maximum Gasteiger partial charge on any atom is 0.161 e. The number of aromatic nitrogens is 2. The number of ether oxygens (including phenoxy) is 1. The average molecular weight is 274 g/mol. The molecule has 102 valence electrons. The molecule has 0 aliphatic heterocycles. The Morgan fingerprint density at radius 1 is 1.10 bits per heavy atom. The summed E-state index contributed by atoms with van der Waals surface area (Å²) in [4.78, 5) is 7.25. The van der Waals surface area contributed by atoms with Gasteiger partial charge in [0, 0.05) is 18.6 Å². The molecular weight excluding hydrogens is 262 g/mol. The minimum atomic E-state index is -0.889. The second-order valence-electron chi connectivity index (χ2n) is 4.49. The zero-order valence-corrected chi connectivity index (χ0v) is 10.8. The third-order valence-electron chi connectivity index (χ3n) is 3.10. The van der Waals surface area contributed by atoms with Gasteiger partial charge in [0.25, 0.3) is 0 Å². The van der Waals surface area contributed by atoms with Crippen molar-refractivity contribution in [2.75, 3.05) is 7.11 Å². The molecule has 0 spiro atoms. The fraction of sp³-hybridized carbons (Fsp3) is 0.133. The normalized spacial score (nSPS) is 10.9. The molecule has 1 heterocycles. The van der Waals surface area contributed by atoms with E-state index in [1.165, 1.54) is 0 Å². The first-order chi connectivity index (χ1) is 9.65. The number of hydrogen-bond donors (Lipinski definition) is 1. The van der Waals surface area contributed by atoms with Crippen molar-refractivity contribution in [3.05, 3.63) is 59.4 Å². The molecule has 20 heavy (non-hydrogen) atoms. The Morgan fingerprint density at radius 2 is 1.80 bits per heavy atom. The van der Waals surface area contributed by atoms with E-state index in [1.54, 1.807) is 7.11 Å². The van der Waals surface area contributed by atoms with E-state index in [0.717, 1.165) is 23.4 Å². The highest BCUT2D eigenvalue weighted by atomic mass is 19.2. The lowest BCUT2D eigenvalue weighted by molar-refractivity contribution is 0.414.